The minimum atomic E-state index is -3.34. The van der Waals surface area contributed by atoms with Crippen LogP contribution in [0.2, 0.25) is 10.0 Å². The molecule has 10 heteroatoms. The molecule has 6 nitrogen and oxygen atoms in total. The molecule has 3 aromatic rings. The highest BCUT2D eigenvalue weighted by Crippen LogP contribution is 2.38. The van der Waals surface area contributed by atoms with E-state index in [1.54, 1.807) is 55.5 Å². The molecule has 0 amide bonds. The van der Waals surface area contributed by atoms with E-state index in [0.29, 0.717) is 45.1 Å². The van der Waals surface area contributed by atoms with Crippen LogP contribution in [0.25, 0.3) is 11.1 Å². The molecule has 1 atom stereocenters. The summed E-state index contributed by atoms with van der Waals surface area (Å²) in [4.78, 5) is 13.8. The molecule has 1 fully saturated rings. The van der Waals surface area contributed by atoms with Gasteiger partial charge in [0, 0.05) is 19.1 Å². The molecule has 0 aliphatic heterocycles. The average Bonchev–Trinajstić information content (AvgIpc) is 3.74. The van der Waals surface area contributed by atoms with Crippen LogP contribution in [0, 0.1) is 0 Å². The van der Waals surface area contributed by atoms with E-state index in [1.165, 1.54) is 19.2 Å². The molecule has 202 valence electrons. The Labute approximate surface area is 233 Å². The van der Waals surface area contributed by atoms with Gasteiger partial charge in [0.1, 0.15) is 5.78 Å². The summed E-state index contributed by atoms with van der Waals surface area (Å²) in [5.41, 5.74) is 2.50. The van der Waals surface area contributed by atoms with Crippen molar-refractivity contribution in [3.63, 3.8) is 0 Å². The number of rotatable bonds is 11. The van der Waals surface area contributed by atoms with Crippen molar-refractivity contribution >= 4 is 48.7 Å². The molecule has 0 heterocycles. The second-order valence-electron chi connectivity index (χ2n) is 9.33. The van der Waals surface area contributed by atoms with E-state index in [2.05, 4.69) is 0 Å². The van der Waals surface area contributed by atoms with Crippen LogP contribution in [0.5, 0.6) is 0 Å². The topological polar surface area (TPSA) is 94.6 Å². The van der Waals surface area contributed by atoms with Gasteiger partial charge >= 0.3 is 0 Å². The van der Waals surface area contributed by atoms with Gasteiger partial charge in [-0.1, -0.05) is 54.4 Å². The number of benzene rings is 3. The molecule has 1 saturated carbocycles. The van der Waals surface area contributed by atoms with Crippen molar-refractivity contribution in [1.82, 2.24) is 0 Å². The highest BCUT2D eigenvalue weighted by atomic mass is 35.5. The summed E-state index contributed by atoms with van der Waals surface area (Å²) in [6.45, 7) is 1.71. The summed E-state index contributed by atoms with van der Waals surface area (Å²) in [6, 6.07) is 16.2. The molecule has 0 spiro atoms. The molecule has 4 rings (SSSR count). The third-order valence-corrected chi connectivity index (χ3v) is 11.3. The third kappa shape index (κ3) is 6.15. The van der Waals surface area contributed by atoms with Gasteiger partial charge in [-0.05, 0) is 65.9 Å². The molecular weight excluding hydrogens is 567 g/mol. The molecule has 0 aromatic heterocycles. The molecule has 0 saturated heterocycles. The summed E-state index contributed by atoms with van der Waals surface area (Å²) >= 11 is 13.2. The molecule has 38 heavy (non-hydrogen) atoms. The fourth-order valence-corrected chi connectivity index (χ4v) is 7.62. The highest BCUT2D eigenvalue weighted by molar-refractivity contribution is 7.92. The zero-order chi connectivity index (χ0) is 27.7. The number of hydrogen-bond donors (Lipinski definition) is 0. The smallest absolute Gasteiger partial charge is 0.181 e. The minimum Gasteiger partial charge on any atom is -0.384 e. The largest absolute Gasteiger partial charge is 0.384 e. The lowest BCUT2D eigenvalue weighted by Crippen LogP contribution is -2.20. The normalized spacial score (nSPS) is 14.8. The second-order valence-corrected chi connectivity index (χ2v) is 14.6. The Hall–Kier alpha value is -2.23. The fraction of sp³-hybridized carbons (Fsp3) is 0.321. The molecule has 3 aromatic carbocycles. The van der Waals surface area contributed by atoms with E-state index in [0.717, 1.165) is 0 Å². The van der Waals surface area contributed by atoms with Crippen LogP contribution in [0.4, 0.5) is 0 Å². The fourth-order valence-electron chi connectivity index (χ4n) is 4.33. The van der Waals surface area contributed by atoms with Crippen LogP contribution in [0.1, 0.15) is 36.8 Å². The molecule has 1 aliphatic rings. The van der Waals surface area contributed by atoms with E-state index < -0.39 is 25.6 Å². The maximum absolute atomic E-state index is 13.3. The van der Waals surface area contributed by atoms with Crippen LogP contribution in [-0.2, 0) is 35.6 Å². The van der Waals surface area contributed by atoms with Crippen molar-refractivity contribution < 1.29 is 26.4 Å². The number of sulfone groups is 2. The van der Waals surface area contributed by atoms with Gasteiger partial charge in [0.05, 0.1) is 43.4 Å². The molecule has 1 unspecified atom stereocenters. The zero-order valence-electron chi connectivity index (χ0n) is 21.0. The second kappa shape index (κ2) is 11.5. The zero-order valence-corrected chi connectivity index (χ0v) is 24.1. The number of halogens is 2. The standard InChI is InChI=1S/C28H28Cl2O6S2/c1-3-37(32,33)21-8-4-19(5-9-21)24(17-36-2)27(31)16-18-14-25(29)28(26(30)15-18)20-6-10-22(11-7-20)38(34,35)23-12-13-23/h4-11,14-15,23-24H,3,12-13,16-17H2,1-2H3. The Morgan fingerprint density at radius 3 is 1.97 bits per heavy atom. The number of carbonyl (C=O) groups excluding carboxylic acids is 1. The number of hydrogen-bond acceptors (Lipinski definition) is 6. The van der Waals surface area contributed by atoms with Crippen LogP contribution < -0.4 is 0 Å². The van der Waals surface area contributed by atoms with Crippen molar-refractivity contribution in [1.29, 1.82) is 0 Å². The number of methoxy groups -OCH3 is 1. The monoisotopic (exact) mass is 594 g/mol. The van der Waals surface area contributed by atoms with E-state index in [9.17, 15) is 21.6 Å². The first-order chi connectivity index (χ1) is 18.0. The Morgan fingerprint density at radius 1 is 0.921 bits per heavy atom. The first-order valence-electron chi connectivity index (χ1n) is 12.1. The van der Waals surface area contributed by atoms with E-state index in [1.807, 2.05) is 0 Å². The van der Waals surface area contributed by atoms with Gasteiger partial charge < -0.3 is 4.74 Å². The maximum Gasteiger partial charge on any atom is 0.181 e. The Balaban J connectivity index is 1.55. The Kier molecular flexibility index (Phi) is 8.69. The highest BCUT2D eigenvalue weighted by Gasteiger charge is 2.36. The third-order valence-electron chi connectivity index (χ3n) is 6.66. The van der Waals surface area contributed by atoms with E-state index >= 15 is 0 Å². The molecular formula is C28H28Cl2O6S2. The molecule has 0 radical (unpaired) electrons. The van der Waals surface area contributed by atoms with Gasteiger partial charge in [-0.25, -0.2) is 16.8 Å². The van der Waals surface area contributed by atoms with E-state index in [4.69, 9.17) is 27.9 Å². The van der Waals surface area contributed by atoms with Crippen molar-refractivity contribution in [3.8, 4) is 11.1 Å². The minimum absolute atomic E-state index is 0.00595. The van der Waals surface area contributed by atoms with Crippen molar-refractivity contribution in [2.75, 3.05) is 19.5 Å². The molecule has 0 N–H and O–H groups in total. The van der Waals surface area contributed by atoms with Gasteiger partial charge in [0.2, 0.25) is 0 Å². The Morgan fingerprint density at radius 2 is 1.47 bits per heavy atom. The summed E-state index contributed by atoms with van der Waals surface area (Å²) in [6.07, 6.45) is 1.43. The number of Topliss-reactive ketones (excluding diaryl/α,β-unsaturated/α-hetero) is 1. The van der Waals surface area contributed by atoms with Crippen LogP contribution in [0.15, 0.2) is 70.5 Å². The summed E-state index contributed by atoms with van der Waals surface area (Å²) in [5, 5.41) is 0.396. The lowest BCUT2D eigenvalue weighted by Gasteiger charge is -2.17. The van der Waals surface area contributed by atoms with Crippen LogP contribution >= 0.6 is 23.2 Å². The van der Waals surface area contributed by atoms with Gasteiger partial charge in [-0.3, -0.25) is 4.79 Å². The number of ether oxygens (including phenoxy) is 1. The first-order valence-corrected chi connectivity index (χ1v) is 16.1. The van der Waals surface area contributed by atoms with Crippen LogP contribution in [0.3, 0.4) is 0 Å². The first kappa shape index (κ1) is 28.8. The summed E-state index contributed by atoms with van der Waals surface area (Å²) < 4.78 is 54.5. The van der Waals surface area contributed by atoms with Gasteiger partial charge in [0.25, 0.3) is 0 Å². The number of ketones is 1. The summed E-state index contributed by atoms with van der Waals surface area (Å²) in [7, 11) is -5.14. The van der Waals surface area contributed by atoms with Gasteiger partial charge in [-0.2, -0.15) is 0 Å². The van der Waals surface area contributed by atoms with Crippen molar-refractivity contribution in [3.05, 3.63) is 81.8 Å². The lowest BCUT2D eigenvalue weighted by atomic mass is 9.91. The SMILES string of the molecule is CCS(=O)(=O)c1ccc(C(COC)C(=O)Cc2cc(Cl)c(-c3ccc(S(=O)(=O)C4CC4)cc3)c(Cl)c2)cc1. The quantitative estimate of drug-likeness (QED) is 0.273. The predicted octanol–water partition coefficient (Wildman–Crippen LogP) is 5.93. The molecule has 1 aliphatic carbocycles. The molecule has 0 bridgehead atoms. The predicted molar refractivity (Wildman–Crippen MR) is 150 cm³/mol. The number of carbonyl (C=O) groups is 1. The van der Waals surface area contributed by atoms with Gasteiger partial charge in [0.15, 0.2) is 19.7 Å². The average molecular weight is 596 g/mol. The maximum atomic E-state index is 13.3. The van der Waals surface area contributed by atoms with E-state index in [-0.39, 0.29) is 39.6 Å². The van der Waals surface area contributed by atoms with Crippen molar-refractivity contribution in [2.45, 2.75) is 47.1 Å². The van der Waals surface area contributed by atoms with Crippen molar-refractivity contribution in [2.24, 2.45) is 0 Å². The summed E-state index contributed by atoms with van der Waals surface area (Å²) in [5.74, 6) is -0.738. The Bertz CT molecular complexity index is 1520. The van der Waals surface area contributed by atoms with Gasteiger partial charge in [-0.15, -0.1) is 0 Å². The lowest BCUT2D eigenvalue weighted by molar-refractivity contribution is -0.121. The van der Waals surface area contributed by atoms with Crippen LogP contribution in [-0.4, -0.2) is 47.3 Å².